The van der Waals surface area contributed by atoms with Crippen molar-refractivity contribution < 1.29 is 14.3 Å². The summed E-state index contributed by atoms with van der Waals surface area (Å²) in [5.74, 6) is 0.104. The maximum Gasteiger partial charge on any atom is 0.258 e. The third-order valence-electron chi connectivity index (χ3n) is 6.33. The number of amides is 2. The Kier molecular flexibility index (Phi) is 7.99. The number of hydrogen-bond acceptors (Lipinski definition) is 3. The predicted molar refractivity (Wildman–Crippen MR) is 138 cm³/mol. The summed E-state index contributed by atoms with van der Waals surface area (Å²) >= 11 is 0. The summed E-state index contributed by atoms with van der Waals surface area (Å²) in [4.78, 5) is 28.9. The number of hydrogen-bond donors (Lipinski definition) is 1. The van der Waals surface area contributed by atoms with Gasteiger partial charge in [-0.15, -0.1) is 0 Å². The van der Waals surface area contributed by atoms with Crippen LogP contribution in [-0.4, -0.2) is 35.9 Å². The van der Waals surface area contributed by atoms with E-state index in [0.29, 0.717) is 30.6 Å². The van der Waals surface area contributed by atoms with E-state index in [-0.39, 0.29) is 24.0 Å². The highest BCUT2D eigenvalue weighted by Crippen LogP contribution is 2.25. The number of fused-ring (bicyclic) bond motifs is 1. The molecular formula is C30H32N2O3. The van der Waals surface area contributed by atoms with E-state index >= 15 is 0 Å². The third-order valence-corrected chi connectivity index (χ3v) is 6.33. The van der Waals surface area contributed by atoms with Gasteiger partial charge in [0.15, 0.2) is 0 Å². The molecule has 5 heteroatoms. The molecule has 0 radical (unpaired) electrons. The van der Waals surface area contributed by atoms with Crippen molar-refractivity contribution in [3.63, 3.8) is 0 Å². The topological polar surface area (TPSA) is 58.6 Å². The highest BCUT2D eigenvalue weighted by molar-refractivity contribution is 5.99. The lowest BCUT2D eigenvalue weighted by atomic mass is 9.99. The molecule has 0 spiro atoms. The van der Waals surface area contributed by atoms with Gasteiger partial charge in [-0.1, -0.05) is 84.9 Å². The number of ether oxygens (including phenoxy) is 1. The van der Waals surface area contributed by atoms with E-state index < -0.39 is 6.04 Å². The van der Waals surface area contributed by atoms with E-state index in [1.807, 2.05) is 85.8 Å². The number of nitrogens with zero attached hydrogens (tertiary/aromatic N) is 1. The summed E-state index contributed by atoms with van der Waals surface area (Å²) in [6.07, 6.45) is 5.83. The van der Waals surface area contributed by atoms with Crippen LogP contribution < -0.4 is 10.1 Å². The smallest absolute Gasteiger partial charge is 0.258 e. The first-order chi connectivity index (χ1) is 17.0. The fourth-order valence-electron chi connectivity index (χ4n) is 4.34. The molecule has 0 aliphatic carbocycles. The van der Waals surface area contributed by atoms with Gasteiger partial charge in [-0.05, 0) is 36.6 Å². The SMILES string of the molecule is C[C@@H]1C/C=C\C[C@H](c2ccccc2)NC(=O)[C@@H](Cc2ccccc2)N(C)C(=O)c2ccccc2O1. The molecular weight excluding hydrogens is 436 g/mol. The maximum absolute atomic E-state index is 13.7. The highest BCUT2D eigenvalue weighted by atomic mass is 16.5. The molecule has 3 aromatic carbocycles. The first-order valence-electron chi connectivity index (χ1n) is 12.1. The Balaban J connectivity index is 1.73. The van der Waals surface area contributed by atoms with Crippen molar-refractivity contribution in [3.8, 4) is 5.75 Å². The van der Waals surface area contributed by atoms with Gasteiger partial charge in [0.25, 0.3) is 5.91 Å². The van der Waals surface area contributed by atoms with Gasteiger partial charge in [0.1, 0.15) is 11.8 Å². The third kappa shape index (κ3) is 6.18. The number of nitrogens with one attached hydrogen (secondary N) is 1. The molecule has 0 fully saturated rings. The lowest BCUT2D eigenvalue weighted by Crippen LogP contribution is -2.49. The molecule has 1 aliphatic rings. The van der Waals surface area contributed by atoms with Gasteiger partial charge in [0.05, 0.1) is 17.7 Å². The fraction of sp³-hybridized carbons (Fsp3) is 0.267. The van der Waals surface area contributed by atoms with Gasteiger partial charge in [-0.2, -0.15) is 0 Å². The van der Waals surface area contributed by atoms with Gasteiger partial charge >= 0.3 is 0 Å². The zero-order valence-corrected chi connectivity index (χ0v) is 20.3. The molecule has 3 atom stereocenters. The summed E-state index contributed by atoms with van der Waals surface area (Å²) < 4.78 is 6.15. The number of para-hydroxylation sites is 1. The second kappa shape index (κ2) is 11.5. The minimum Gasteiger partial charge on any atom is -0.490 e. The van der Waals surface area contributed by atoms with E-state index in [9.17, 15) is 9.59 Å². The van der Waals surface area contributed by atoms with Crippen molar-refractivity contribution in [2.75, 3.05) is 7.05 Å². The quantitative estimate of drug-likeness (QED) is 0.528. The van der Waals surface area contributed by atoms with E-state index in [4.69, 9.17) is 4.74 Å². The van der Waals surface area contributed by atoms with Crippen LogP contribution >= 0.6 is 0 Å². The average Bonchev–Trinajstić information content (AvgIpc) is 2.89. The first kappa shape index (κ1) is 24.3. The van der Waals surface area contributed by atoms with Gasteiger partial charge in [-0.3, -0.25) is 9.59 Å². The monoisotopic (exact) mass is 468 g/mol. The van der Waals surface area contributed by atoms with E-state index in [2.05, 4.69) is 17.5 Å². The predicted octanol–water partition coefficient (Wildman–Crippen LogP) is 5.34. The Hall–Kier alpha value is -3.86. The van der Waals surface area contributed by atoms with E-state index in [1.165, 1.54) is 0 Å². The number of rotatable bonds is 3. The molecule has 1 N–H and O–H groups in total. The Morgan fingerprint density at radius 1 is 0.857 bits per heavy atom. The zero-order valence-electron chi connectivity index (χ0n) is 20.3. The van der Waals surface area contributed by atoms with Gasteiger partial charge in [0, 0.05) is 19.9 Å². The molecule has 1 aliphatic heterocycles. The minimum atomic E-state index is -0.687. The Labute approximate surface area is 207 Å². The van der Waals surface area contributed by atoms with Gasteiger partial charge < -0.3 is 15.0 Å². The van der Waals surface area contributed by atoms with Crippen molar-refractivity contribution >= 4 is 11.8 Å². The van der Waals surface area contributed by atoms with Crippen LogP contribution in [0.25, 0.3) is 0 Å². The van der Waals surface area contributed by atoms with Crippen molar-refractivity contribution in [1.82, 2.24) is 10.2 Å². The van der Waals surface area contributed by atoms with Crippen LogP contribution in [0.3, 0.4) is 0 Å². The molecule has 180 valence electrons. The van der Waals surface area contributed by atoms with Crippen LogP contribution in [0, 0.1) is 0 Å². The van der Waals surface area contributed by atoms with Gasteiger partial charge in [-0.25, -0.2) is 0 Å². The average molecular weight is 469 g/mol. The Morgan fingerprint density at radius 2 is 1.49 bits per heavy atom. The van der Waals surface area contributed by atoms with Crippen LogP contribution in [0.4, 0.5) is 0 Å². The van der Waals surface area contributed by atoms with Crippen molar-refractivity contribution in [2.24, 2.45) is 0 Å². The second-order valence-corrected chi connectivity index (χ2v) is 8.96. The summed E-state index contributed by atoms with van der Waals surface area (Å²) in [5, 5.41) is 3.23. The summed E-state index contributed by atoms with van der Waals surface area (Å²) in [6.45, 7) is 2.00. The maximum atomic E-state index is 13.7. The van der Waals surface area contributed by atoms with Crippen LogP contribution in [-0.2, 0) is 11.2 Å². The number of benzene rings is 3. The fourth-order valence-corrected chi connectivity index (χ4v) is 4.34. The minimum absolute atomic E-state index is 0.0988. The molecule has 0 aromatic heterocycles. The zero-order chi connectivity index (χ0) is 24.6. The standard InChI is InChI=1S/C30H32N2O3/c1-22-13-9-11-19-26(24-16-7-4-8-17-24)31-29(33)27(21-23-14-5-3-6-15-23)32(2)30(34)25-18-10-12-20-28(25)35-22/h3-12,14-18,20,22,26-27H,13,19,21H2,1-2H3,(H,31,33)/b11-9-/t22-,26-,27-/m1/s1. The molecule has 0 bridgehead atoms. The first-order valence-corrected chi connectivity index (χ1v) is 12.1. The van der Waals surface area contributed by atoms with Crippen molar-refractivity contribution in [1.29, 1.82) is 0 Å². The molecule has 0 saturated carbocycles. The van der Waals surface area contributed by atoms with Crippen LogP contribution in [0.1, 0.15) is 47.3 Å². The van der Waals surface area contributed by atoms with E-state index in [1.54, 1.807) is 18.0 Å². The largest absolute Gasteiger partial charge is 0.490 e. The lowest BCUT2D eigenvalue weighted by Gasteiger charge is -2.30. The molecule has 3 aromatic rings. The van der Waals surface area contributed by atoms with Gasteiger partial charge in [0.2, 0.25) is 5.91 Å². The molecule has 1 heterocycles. The van der Waals surface area contributed by atoms with Crippen LogP contribution in [0.2, 0.25) is 0 Å². The number of carbonyl (C=O) groups is 2. The lowest BCUT2D eigenvalue weighted by molar-refractivity contribution is -0.126. The van der Waals surface area contributed by atoms with Crippen LogP contribution in [0.15, 0.2) is 97.1 Å². The van der Waals surface area contributed by atoms with Crippen LogP contribution in [0.5, 0.6) is 5.75 Å². The van der Waals surface area contributed by atoms with E-state index in [0.717, 1.165) is 11.1 Å². The molecule has 5 nitrogen and oxygen atoms in total. The highest BCUT2D eigenvalue weighted by Gasteiger charge is 2.31. The summed E-state index contributed by atoms with van der Waals surface area (Å²) in [6, 6.07) is 26.1. The Bertz CT molecular complexity index is 1160. The second-order valence-electron chi connectivity index (χ2n) is 8.96. The number of likely N-dealkylation sites (N-methyl/N-ethyl adjacent to an activating group) is 1. The summed E-state index contributed by atoms with van der Waals surface area (Å²) in [7, 11) is 1.69. The number of carbonyl (C=O) groups excluding carboxylic acids is 2. The Morgan fingerprint density at radius 3 is 2.23 bits per heavy atom. The van der Waals surface area contributed by atoms with Crippen molar-refractivity contribution in [3.05, 3.63) is 114 Å². The molecule has 0 unspecified atom stereocenters. The molecule has 0 saturated heterocycles. The normalized spacial score (nSPS) is 22.3. The summed E-state index contributed by atoms with van der Waals surface area (Å²) in [5.41, 5.74) is 2.47. The molecule has 4 rings (SSSR count). The molecule has 35 heavy (non-hydrogen) atoms. The molecule has 2 amide bonds. The van der Waals surface area contributed by atoms with Crippen molar-refractivity contribution in [2.45, 2.75) is 44.4 Å².